The van der Waals surface area contributed by atoms with Crippen molar-refractivity contribution in [2.75, 3.05) is 0 Å². The van der Waals surface area contributed by atoms with Crippen LogP contribution >= 0.6 is 0 Å². The molecule has 0 aliphatic carbocycles. The van der Waals surface area contributed by atoms with Gasteiger partial charge < -0.3 is 6.42 Å². The third-order valence-electron chi connectivity index (χ3n) is 1.80. The van der Waals surface area contributed by atoms with Gasteiger partial charge in [-0.05, 0) is 0 Å². The van der Waals surface area contributed by atoms with E-state index in [1.807, 2.05) is 0 Å². The average Bonchev–Trinajstić information content (AvgIpc) is 1.97. The Morgan fingerprint density at radius 1 is 0.909 bits per heavy atom. The Hall–Kier alpha value is 0.494. The molecule has 11 heavy (non-hydrogen) atoms. The van der Waals surface area contributed by atoms with Gasteiger partial charge in [-0.15, -0.1) is 0 Å². The van der Waals surface area contributed by atoms with Crippen molar-refractivity contribution in [3.05, 3.63) is 6.42 Å². The van der Waals surface area contributed by atoms with Crippen LogP contribution in [0.1, 0.15) is 58.8 Å². The molecule has 0 saturated heterocycles. The van der Waals surface area contributed by atoms with E-state index in [1.54, 1.807) is 0 Å². The molecule has 0 heterocycles. The van der Waals surface area contributed by atoms with Gasteiger partial charge in [-0.2, -0.15) is 12.8 Å². The number of hydrogen-bond donors (Lipinski definition) is 0. The van der Waals surface area contributed by atoms with E-state index in [9.17, 15) is 0 Å². The Labute approximate surface area is 82.1 Å². The van der Waals surface area contributed by atoms with Crippen LogP contribution in [0.3, 0.4) is 0 Å². The molecule has 0 aromatic carbocycles. The summed E-state index contributed by atoms with van der Waals surface area (Å²) in [6.07, 6.45) is 12.0. The van der Waals surface area contributed by atoms with E-state index < -0.39 is 0 Å². The van der Waals surface area contributed by atoms with Crippen molar-refractivity contribution in [2.24, 2.45) is 0 Å². The fraction of sp³-hybridized carbons (Fsp3) is 0.900. The van der Waals surface area contributed by atoms with Crippen molar-refractivity contribution in [3.63, 3.8) is 0 Å². The SMILES string of the molecule is CC[CH-]CCCCCCC.[Ni]. The first-order chi connectivity index (χ1) is 4.91. The van der Waals surface area contributed by atoms with Crippen LogP contribution in [0.25, 0.3) is 0 Å². The molecule has 0 radical (unpaired) electrons. The first-order valence-electron chi connectivity index (χ1n) is 4.73. The second-order valence-corrected chi connectivity index (χ2v) is 2.90. The van der Waals surface area contributed by atoms with E-state index in [1.165, 1.54) is 44.9 Å². The van der Waals surface area contributed by atoms with E-state index >= 15 is 0 Å². The average molecular weight is 200 g/mol. The third-order valence-corrected chi connectivity index (χ3v) is 1.80. The zero-order valence-corrected chi connectivity index (χ0v) is 8.83. The zero-order chi connectivity index (χ0) is 7.66. The van der Waals surface area contributed by atoms with Gasteiger partial charge in [-0.25, -0.2) is 0 Å². The van der Waals surface area contributed by atoms with E-state index in [2.05, 4.69) is 20.3 Å². The van der Waals surface area contributed by atoms with Crippen LogP contribution in [0.15, 0.2) is 0 Å². The van der Waals surface area contributed by atoms with Crippen molar-refractivity contribution in [2.45, 2.75) is 58.8 Å². The molecule has 0 unspecified atom stereocenters. The summed E-state index contributed by atoms with van der Waals surface area (Å²) in [7, 11) is 0. The molecule has 0 amide bonds. The summed E-state index contributed by atoms with van der Waals surface area (Å²) in [5.41, 5.74) is 0. The van der Waals surface area contributed by atoms with E-state index in [4.69, 9.17) is 0 Å². The predicted molar refractivity (Wildman–Crippen MR) is 48.0 cm³/mol. The van der Waals surface area contributed by atoms with Crippen molar-refractivity contribution in [3.8, 4) is 0 Å². The Bertz CT molecular complexity index is 44.8. The van der Waals surface area contributed by atoms with Crippen LogP contribution in [0.2, 0.25) is 0 Å². The molecule has 0 atom stereocenters. The molecular formula is C10H21Ni-. The number of rotatable bonds is 7. The first kappa shape index (κ1) is 14.0. The van der Waals surface area contributed by atoms with Crippen LogP contribution < -0.4 is 0 Å². The third kappa shape index (κ3) is 13.5. The Balaban J connectivity index is 0. The molecule has 0 aliphatic rings. The van der Waals surface area contributed by atoms with Gasteiger partial charge >= 0.3 is 0 Å². The monoisotopic (exact) mass is 199 g/mol. The quantitative estimate of drug-likeness (QED) is 0.331. The number of hydrogen-bond acceptors (Lipinski definition) is 0. The molecule has 0 spiro atoms. The van der Waals surface area contributed by atoms with E-state index in [0.717, 1.165) is 0 Å². The van der Waals surface area contributed by atoms with E-state index in [-0.39, 0.29) is 16.5 Å². The van der Waals surface area contributed by atoms with Crippen LogP contribution in [-0.4, -0.2) is 0 Å². The van der Waals surface area contributed by atoms with Crippen LogP contribution in [0.4, 0.5) is 0 Å². The van der Waals surface area contributed by atoms with Crippen LogP contribution in [-0.2, 0) is 16.5 Å². The molecule has 1 heteroatoms. The second-order valence-electron chi connectivity index (χ2n) is 2.90. The smallest absolute Gasteiger partial charge is 0 e. The predicted octanol–water partition coefficient (Wildman–Crippen LogP) is 3.96. The van der Waals surface area contributed by atoms with Crippen LogP contribution in [0, 0.1) is 6.42 Å². The first-order valence-corrected chi connectivity index (χ1v) is 4.73. The summed E-state index contributed by atoms with van der Waals surface area (Å²) in [4.78, 5) is 0. The molecule has 0 rings (SSSR count). The number of unbranched alkanes of at least 4 members (excludes halogenated alkanes) is 7. The summed E-state index contributed by atoms with van der Waals surface area (Å²) >= 11 is 0. The minimum atomic E-state index is 0. The topological polar surface area (TPSA) is 0 Å². The zero-order valence-electron chi connectivity index (χ0n) is 7.84. The van der Waals surface area contributed by atoms with Gasteiger partial charge in [0.05, 0.1) is 0 Å². The van der Waals surface area contributed by atoms with Crippen molar-refractivity contribution in [1.29, 1.82) is 0 Å². The van der Waals surface area contributed by atoms with Crippen molar-refractivity contribution < 1.29 is 16.5 Å². The van der Waals surface area contributed by atoms with Gasteiger partial charge in [0.15, 0.2) is 0 Å². The minimum Gasteiger partial charge on any atom is -0.329 e. The summed E-state index contributed by atoms with van der Waals surface area (Å²) in [5, 5.41) is 0. The standard InChI is InChI=1S/C10H21.Ni/c1-3-5-7-9-10-8-6-4-2;/h5H,3-4,6-10H2,1-2H3;/q-1;. The Morgan fingerprint density at radius 2 is 1.55 bits per heavy atom. The second kappa shape index (κ2) is 13.1. The molecule has 0 saturated carbocycles. The van der Waals surface area contributed by atoms with Gasteiger partial charge in [0.2, 0.25) is 0 Å². The van der Waals surface area contributed by atoms with Gasteiger partial charge in [0.25, 0.3) is 0 Å². The Kier molecular flexibility index (Phi) is 16.7. The summed E-state index contributed by atoms with van der Waals surface area (Å²) in [6.45, 7) is 4.48. The normalized spacial score (nSPS) is 9.27. The maximum absolute atomic E-state index is 2.38. The summed E-state index contributed by atoms with van der Waals surface area (Å²) < 4.78 is 0. The summed E-state index contributed by atoms with van der Waals surface area (Å²) in [5.74, 6) is 0. The fourth-order valence-corrected chi connectivity index (χ4v) is 1.10. The van der Waals surface area contributed by atoms with Crippen LogP contribution in [0.5, 0.6) is 0 Å². The maximum Gasteiger partial charge on any atom is 0 e. The van der Waals surface area contributed by atoms with Gasteiger partial charge in [0, 0.05) is 16.5 Å². The molecule has 0 nitrogen and oxygen atoms in total. The van der Waals surface area contributed by atoms with Gasteiger partial charge in [-0.3, -0.25) is 0 Å². The molecule has 0 aromatic heterocycles. The largest absolute Gasteiger partial charge is 0.329 e. The Morgan fingerprint density at radius 3 is 2.09 bits per heavy atom. The molecule has 0 bridgehead atoms. The maximum atomic E-state index is 2.38. The van der Waals surface area contributed by atoms with E-state index in [0.29, 0.717) is 0 Å². The van der Waals surface area contributed by atoms with Gasteiger partial charge in [-0.1, -0.05) is 46.0 Å². The molecule has 0 fully saturated rings. The summed E-state index contributed by atoms with van der Waals surface area (Å²) in [6, 6.07) is 0. The molecule has 72 valence electrons. The van der Waals surface area contributed by atoms with Gasteiger partial charge in [0.1, 0.15) is 0 Å². The molecule has 0 aliphatic heterocycles. The van der Waals surface area contributed by atoms with Crippen molar-refractivity contribution in [1.82, 2.24) is 0 Å². The fourth-order valence-electron chi connectivity index (χ4n) is 1.10. The molecule has 0 aromatic rings. The molecular weight excluding hydrogens is 179 g/mol. The molecule has 0 N–H and O–H groups in total. The minimum absolute atomic E-state index is 0. The van der Waals surface area contributed by atoms with Crippen molar-refractivity contribution >= 4 is 0 Å².